The first-order valence-electron chi connectivity index (χ1n) is 8.59. The lowest BCUT2D eigenvalue weighted by molar-refractivity contribution is 0.0937. The molecule has 1 unspecified atom stereocenters. The molecule has 0 bridgehead atoms. The second-order valence-corrected chi connectivity index (χ2v) is 6.88. The van der Waals surface area contributed by atoms with Gasteiger partial charge in [0.2, 0.25) is 0 Å². The summed E-state index contributed by atoms with van der Waals surface area (Å²) in [5.41, 5.74) is 2.11. The molecule has 132 valence electrons. The van der Waals surface area contributed by atoms with E-state index in [1.807, 2.05) is 25.1 Å². The smallest absolute Gasteiger partial charge is 0.251 e. The first-order chi connectivity index (χ1) is 12.1. The van der Waals surface area contributed by atoms with E-state index in [4.69, 9.17) is 11.6 Å². The zero-order chi connectivity index (χ0) is 17.8. The summed E-state index contributed by atoms with van der Waals surface area (Å²) in [6.07, 6.45) is 2.16. The van der Waals surface area contributed by atoms with Crippen LogP contribution in [0.3, 0.4) is 0 Å². The first kappa shape index (κ1) is 17.9. The number of halogens is 2. The van der Waals surface area contributed by atoms with Gasteiger partial charge in [0, 0.05) is 22.7 Å². The van der Waals surface area contributed by atoms with Crippen LogP contribution in [0.2, 0.25) is 5.02 Å². The van der Waals surface area contributed by atoms with Crippen molar-refractivity contribution in [3.63, 3.8) is 0 Å². The fourth-order valence-corrected chi connectivity index (χ4v) is 3.66. The number of benzene rings is 2. The lowest BCUT2D eigenvalue weighted by Crippen LogP contribution is -2.37. The van der Waals surface area contributed by atoms with Crippen LogP contribution in [0.4, 0.5) is 4.39 Å². The lowest BCUT2D eigenvalue weighted by Gasteiger charge is -2.29. The van der Waals surface area contributed by atoms with Crippen molar-refractivity contribution in [1.82, 2.24) is 10.2 Å². The number of hydrogen-bond donors (Lipinski definition) is 1. The quantitative estimate of drug-likeness (QED) is 0.859. The van der Waals surface area contributed by atoms with Crippen LogP contribution >= 0.6 is 11.6 Å². The molecule has 3 nitrogen and oxygen atoms in total. The van der Waals surface area contributed by atoms with Gasteiger partial charge in [0.15, 0.2) is 0 Å². The molecule has 1 amide bonds. The van der Waals surface area contributed by atoms with Gasteiger partial charge in [0.1, 0.15) is 5.82 Å². The number of rotatable bonds is 5. The zero-order valence-electron chi connectivity index (χ0n) is 14.3. The van der Waals surface area contributed by atoms with Crippen molar-refractivity contribution in [3.05, 3.63) is 70.0 Å². The minimum absolute atomic E-state index is 0.152. The molecule has 25 heavy (non-hydrogen) atoms. The third-order valence-corrected chi connectivity index (χ3v) is 4.98. The van der Waals surface area contributed by atoms with E-state index < -0.39 is 0 Å². The second kappa shape index (κ2) is 7.98. The van der Waals surface area contributed by atoms with E-state index in [9.17, 15) is 9.18 Å². The van der Waals surface area contributed by atoms with Crippen molar-refractivity contribution in [2.45, 2.75) is 25.8 Å². The van der Waals surface area contributed by atoms with Crippen LogP contribution in [-0.2, 0) is 0 Å². The van der Waals surface area contributed by atoms with Crippen LogP contribution in [0.1, 0.15) is 40.4 Å². The highest BCUT2D eigenvalue weighted by Gasteiger charge is 2.28. The highest BCUT2D eigenvalue weighted by atomic mass is 35.5. The zero-order valence-corrected chi connectivity index (χ0v) is 15.0. The van der Waals surface area contributed by atoms with Crippen LogP contribution in [-0.4, -0.2) is 30.4 Å². The van der Waals surface area contributed by atoms with E-state index in [1.165, 1.54) is 6.07 Å². The van der Waals surface area contributed by atoms with Gasteiger partial charge in [-0.3, -0.25) is 9.69 Å². The Balaban J connectivity index is 1.80. The topological polar surface area (TPSA) is 32.3 Å². The molecule has 2 aromatic carbocycles. The molecule has 0 spiro atoms. The average Bonchev–Trinajstić information content (AvgIpc) is 3.11. The molecule has 1 fully saturated rings. The number of hydrogen-bond acceptors (Lipinski definition) is 2. The molecule has 1 N–H and O–H groups in total. The Hall–Kier alpha value is -1.91. The first-order valence-corrected chi connectivity index (χ1v) is 8.97. The molecule has 2 aromatic rings. The maximum atomic E-state index is 14.4. The molecule has 0 aromatic heterocycles. The molecule has 5 heteroatoms. The van der Waals surface area contributed by atoms with Gasteiger partial charge in [0.25, 0.3) is 5.91 Å². The average molecular weight is 361 g/mol. The molecule has 0 aliphatic carbocycles. The number of nitrogens with one attached hydrogen (secondary N) is 1. The molecule has 1 heterocycles. The van der Waals surface area contributed by atoms with E-state index in [-0.39, 0.29) is 17.8 Å². The van der Waals surface area contributed by atoms with Crippen molar-refractivity contribution in [1.29, 1.82) is 0 Å². The van der Waals surface area contributed by atoms with Gasteiger partial charge in [-0.1, -0.05) is 35.4 Å². The summed E-state index contributed by atoms with van der Waals surface area (Å²) in [4.78, 5) is 14.7. The van der Waals surface area contributed by atoms with Crippen molar-refractivity contribution in [3.8, 4) is 0 Å². The summed E-state index contributed by atoms with van der Waals surface area (Å²) in [5.74, 6) is -0.477. The van der Waals surface area contributed by atoms with Crippen LogP contribution in [0.15, 0.2) is 42.5 Å². The summed E-state index contributed by atoms with van der Waals surface area (Å²) < 4.78 is 14.4. The molecule has 1 aliphatic rings. The van der Waals surface area contributed by atoms with Gasteiger partial charge in [-0.15, -0.1) is 0 Å². The van der Waals surface area contributed by atoms with E-state index in [0.29, 0.717) is 22.7 Å². The standard InChI is InChI=1S/C20H22ClFN2O/c1-14-6-4-7-15(12-14)20(25)23-13-18(24-10-2-3-11-24)19-16(21)8-5-9-17(19)22/h4-9,12,18H,2-3,10-11,13H2,1H3,(H,23,25). The Morgan fingerprint density at radius 3 is 2.64 bits per heavy atom. The number of nitrogens with zero attached hydrogens (tertiary/aromatic N) is 1. The Morgan fingerprint density at radius 1 is 1.24 bits per heavy atom. The van der Waals surface area contributed by atoms with E-state index in [2.05, 4.69) is 10.2 Å². The predicted molar refractivity (Wildman–Crippen MR) is 98.5 cm³/mol. The minimum Gasteiger partial charge on any atom is -0.350 e. The van der Waals surface area contributed by atoms with E-state index in [1.54, 1.807) is 18.2 Å². The molecule has 0 radical (unpaired) electrons. The Bertz CT molecular complexity index is 739. The van der Waals surface area contributed by atoms with Crippen molar-refractivity contribution in [2.75, 3.05) is 19.6 Å². The largest absolute Gasteiger partial charge is 0.350 e. The van der Waals surface area contributed by atoms with E-state index >= 15 is 0 Å². The summed E-state index contributed by atoms with van der Waals surface area (Å²) in [6, 6.07) is 11.9. The maximum absolute atomic E-state index is 14.4. The Kier molecular flexibility index (Phi) is 5.71. The summed E-state index contributed by atoms with van der Waals surface area (Å²) in [7, 11) is 0. The Morgan fingerprint density at radius 2 is 1.96 bits per heavy atom. The minimum atomic E-state index is -0.325. The third-order valence-electron chi connectivity index (χ3n) is 4.65. The molecule has 1 aliphatic heterocycles. The van der Waals surface area contributed by atoms with Crippen LogP contribution in [0.5, 0.6) is 0 Å². The van der Waals surface area contributed by atoms with Crippen molar-refractivity contribution < 1.29 is 9.18 Å². The third kappa shape index (κ3) is 4.20. The van der Waals surface area contributed by atoms with E-state index in [0.717, 1.165) is 31.5 Å². The van der Waals surface area contributed by atoms with Gasteiger partial charge in [-0.2, -0.15) is 0 Å². The SMILES string of the molecule is Cc1cccc(C(=O)NCC(c2c(F)cccc2Cl)N2CCCC2)c1. The highest BCUT2D eigenvalue weighted by Crippen LogP contribution is 2.32. The number of carbonyl (C=O) groups is 1. The Labute approximate surface area is 152 Å². The van der Waals surface area contributed by atoms with Crippen molar-refractivity contribution >= 4 is 17.5 Å². The molecule has 0 saturated carbocycles. The lowest BCUT2D eigenvalue weighted by atomic mass is 10.0. The number of likely N-dealkylation sites (tertiary alicyclic amines) is 1. The summed E-state index contributed by atoms with van der Waals surface area (Å²) in [6.45, 7) is 4.04. The number of amides is 1. The van der Waals surface area contributed by atoms with Crippen LogP contribution in [0.25, 0.3) is 0 Å². The second-order valence-electron chi connectivity index (χ2n) is 6.47. The van der Waals surface area contributed by atoms with Gasteiger partial charge in [-0.05, 0) is 57.1 Å². The fourth-order valence-electron chi connectivity index (χ4n) is 3.37. The number of aryl methyl sites for hydroxylation is 1. The van der Waals surface area contributed by atoms with Crippen LogP contribution in [0, 0.1) is 12.7 Å². The fraction of sp³-hybridized carbons (Fsp3) is 0.350. The molecule has 1 saturated heterocycles. The molecule has 1 atom stereocenters. The van der Waals surface area contributed by atoms with Gasteiger partial charge in [0.05, 0.1) is 6.04 Å². The maximum Gasteiger partial charge on any atom is 0.251 e. The monoisotopic (exact) mass is 360 g/mol. The van der Waals surface area contributed by atoms with Crippen LogP contribution < -0.4 is 5.32 Å². The normalized spacial score (nSPS) is 16.0. The number of carbonyl (C=O) groups excluding carboxylic acids is 1. The van der Waals surface area contributed by atoms with Gasteiger partial charge in [-0.25, -0.2) is 4.39 Å². The molecule has 3 rings (SSSR count). The summed E-state index contributed by atoms with van der Waals surface area (Å²) >= 11 is 6.28. The van der Waals surface area contributed by atoms with Gasteiger partial charge >= 0.3 is 0 Å². The van der Waals surface area contributed by atoms with Crippen molar-refractivity contribution in [2.24, 2.45) is 0 Å². The molecular formula is C20H22ClFN2O. The molecular weight excluding hydrogens is 339 g/mol. The predicted octanol–water partition coefficient (Wildman–Crippen LogP) is 4.35. The van der Waals surface area contributed by atoms with Gasteiger partial charge < -0.3 is 5.32 Å². The summed E-state index contributed by atoms with van der Waals surface area (Å²) in [5, 5.41) is 3.35. The highest BCUT2D eigenvalue weighted by molar-refractivity contribution is 6.31.